The average Bonchev–Trinajstić information content (AvgIpc) is 2.89. The van der Waals surface area contributed by atoms with Crippen LogP contribution in [0.5, 0.6) is 5.75 Å². The maximum absolute atomic E-state index is 12.5. The topological polar surface area (TPSA) is 68.0 Å². The van der Waals surface area contributed by atoms with E-state index in [2.05, 4.69) is 23.9 Å². The molecule has 0 bridgehead atoms. The second-order valence-corrected chi connectivity index (χ2v) is 5.70. The van der Waals surface area contributed by atoms with Gasteiger partial charge in [0.15, 0.2) is 11.4 Å². The standard InChI is InChI=1S/C17H17N3O2/c1-11(2)10-20-17-13(9-19-20)7-12(8-18-17)16(22)14-5-3-4-6-15(14)21/h3-9,11,21H,10H2,1-2H3. The number of aromatic hydroxyl groups is 1. The second-order valence-electron chi connectivity index (χ2n) is 5.70. The summed E-state index contributed by atoms with van der Waals surface area (Å²) in [5.41, 5.74) is 1.49. The highest BCUT2D eigenvalue weighted by molar-refractivity contribution is 6.11. The van der Waals surface area contributed by atoms with Crippen LogP contribution in [-0.2, 0) is 6.54 Å². The van der Waals surface area contributed by atoms with E-state index in [4.69, 9.17) is 0 Å². The third-order valence-corrected chi connectivity index (χ3v) is 3.42. The number of rotatable bonds is 4. The molecule has 3 aromatic rings. The molecule has 0 atom stereocenters. The number of pyridine rings is 1. The summed E-state index contributed by atoms with van der Waals surface area (Å²) in [6, 6.07) is 8.27. The molecule has 2 aromatic heterocycles. The lowest BCUT2D eigenvalue weighted by Gasteiger charge is -2.06. The van der Waals surface area contributed by atoms with Crippen LogP contribution in [0, 0.1) is 5.92 Å². The number of fused-ring (bicyclic) bond motifs is 1. The van der Waals surface area contributed by atoms with Crippen molar-refractivity contribution < 1.29 is 9.90 Å². The Morgan fingerprint density at radius 2 is 2.05 bits per heavy atom. The summed E-state index contributed by atoms with van der Waals surface area (Å²) in [5, 5.41) is 14.9. The lowest BCUT2D eigenvalue weighted by Crippen LogP contribution is -2.07. The van der Waals surface area contributed by atoms with Gasteiger partial charge in [-0.1, -0.05) is 26.0 Å². The molecule has 0 aliphatic rings. The Bertz CT molecular complexity index is 837. The zero-order valence-corrected chi connectivity index (χ0v) is 12.5. The number of phenols is 1. The van der Waals surface area contributed by atoms with Gasteiger partial charge in [0.25, 0.3) is 0 Å². The molecule has 0 radical (unpaired) electrons. The smallest absolute Gasteiger partial charge is 0.198 e. The number of para-hydroxylation sites is 1. The van der Waals surface area contributed by atoms with E-state index < -0.39 is 0 Å². The van der Waals surface area contributed by atoms with E-state index in [1.165, 1.54) is 12.3 Å². The van der Waals surface area contributed by atoms with Crippen LogP contribution in [0.3, 0.4) is 0 Å². The molecule has 0 fully saturated rings. The summed E-state index contributed by atoms with van der Waals surface area (Å²) in [6.07, 6.45) is 3.25. The van der Waals surface area contributed by atoms with Crippen molar-refractivity contribution in [2.24, 2.45) is 5.92 Å². The number of phenolic OH excluding ortho intramolecular Hbond substituents is 1. The quantitative estimate of drug-likeness (QED) is 0.751. The largest absolute Gasteiger partial charge is 0.507 e. The van der Waals surface area contributed by atoms with Crippen LogP contribution in [0.4, 0.5) is 0 Å². The Balaban J connectivity index is 1.99. The van der Waals surface area contributed by atoms with Crippen molar-refractivity contribution in [3.63, 3.8) is 0 Å². The first-order valence-electron chi connectivity index (χ1n) is 7.20. The van der Waals surface area contributed by atoms with Crippen molar-refractivity contribution >= 4 is 16.8 Å². The highest BCUT2D eigenvalue weighted by atomic mass is 16.3. The van der Waals surface area contributed by atoms with Gasteiger partial charge in [-0.3, -0.25) is 4.79 Å². The van der Waals surface area contributed by atoms with E-state index in [-0.39, 0.29) is 17.1 Å². The monoisotopic (exact) mass is 295 g/mol. The van der Waals surface area contributed by atoms with Crippen LogP contribution in [-0.4, -0.2) is 25.7 Å². The molecule has 0 amide bonds. The van der Waals surface area contributed by atoms with E-state index in [0.29, 0.717) is 11.5 Å². The number of carbonyl (C=O) groups excluding carboxylic acids is 1. The fourth-order valence-electron chi connectivity index (χ4n) is 2.40. The van der Waals surface area contributed by atoms with Crippen molar-refractivity contribution in [3.8, 4) is 5.75 Å². The molecule has 5 nitrogen and oxygen atoms in total. The molecule has 0 aliphatic carbocycles. The van der Waals surface area contributed by atoms with Gasteiger partial charge in [0.1, 0.15) is 5.75 Å². The van der Waals surface area contributed by atoms with E-state index in [0.717, 1.165) is 17.6 Å². The summed E-state index contributed by atoms with van der Waals surface area (Å²) in [4.78, 5) is 16.8. The predicted octanol–water partition coefficient (Wildman–Crippen LogP) is 3.02. The van der Waals surface area contributed by atoms with Crippen molar-refractivity contribution in [1.29, 1.82) is 0 Å². The molecule has 5 heteroatoms. The Labute approximate surface area is 128 Å². The third-order valence-electron chi connectivity index (χ3n) is 3.42. The summed E-state index contributed by atoms with van der Waals surface area (Å²) < 4.78 is 1.84. The Hall–Kier alpha value is -2.69. The van der Waals surface area contributed by atoms with Crippen LogP contribution in [0.15, 0.2) is 42.7 Å². The molecule has 0 saturated carbocycles. The molecular formula is C17H17N3O2. The fraction of sp³-hybridized carbons (Fsp3) is 0.235. The molecule has 0 spiro atoms. The van der Waals surface area contributed by atoms with Crippen molar-refractivity contribution in [2.45, 2.75) is 20.4 Å². The first-order chi connectivity index (χ1) is 10.6. The summed E-state index contributed by atoms with van der Waals surface area (Å²) in [6.45, 7) is 5.01. The lowest BCUT2D eigenvalue weighted by atomic mass is 10.0. The molecule has 0 unspecified atom stereocenters. The summed E-state index contributed by atoms with van der Waals surface area (Å²) in [7, 11) is 0. The minimum absolute atomic E-state index is 0.0249. The lowest BCUT2D eigenvalue weighted by molar-refractivity contribution is 0.103. The number of carbonyl (C=O) groups is 1. The van der Waals surface area contributed by atoms with Crippen molar-refractivity contribution in [2.75, 3.05) is 0 Å². The van der Waals surface area contributed by atoms with E-state index in [1.54, 1.807) is 30.5 Å². The molecule has 22 heavy (non-hydrogen) atoms. The fourth-order valence-corrected chi connectivity index (χ4v) is 2.40. The molecule has 1 N–H and O–H groups in total. The first-order valence-corrected chi connectivity index (χ1v) is 7.20. The van der Waals surface area contributed by atoms with Gasteiger partial charge in [-0.15, -0.1) is 0 Å². The molecular weight excluding hydrogens is 278 g/mol. The van der Waals surface area contributed by atoms with Crippen LogP contribution in [0.2, 0.25) is 0 Å². The van der Waals surface area contributed by atoms with E-state index >= 15 is 0 Å². The zero-order valence-electron chi connectivity index (χ0n) is 12.5. The predicted molar refractivity (Wildman–Crippen MR) is 83.9 cm³/mol. The number of nitrogens with zero attached hydrogens (tertiary/aromatic N) is 3. The van der Waals surface area contributed by atoms with Crippen LogP contribution < -0.4 is 0 Å². The van der Waals surface area contributed by atoms with Crippen LogP contribution in [0.1, 0.15) is 29.8 Å². The molecule has 0 aliphatic heterocycles. The van der Waals surface area contributed by atoms with E-state index in [1.807, 2.05) is 4.68 Å². The van der Waals surface area contributed by atoms with Gasteiger partial charge in [-0.2, -0.15) is 5.10 Å². The van der Waals surface area contributed by atoms with Gasteiger partial charge in [0.2, 0.25) is 0 Å². The average molecular weight is 295 g/mol. The maximum atomic E-state index is 12.5. The van der Waals surface area contributed by atoms with Crippen LogP contribution >= 0.6 is 0 Å². The number of benzene rings is 1. The first kappa shape index (κ1) is 14.3. The number of hydrogen-bond donors (Lipinski definition) is 1. The molecule has 0 saturated heterocycles. The molecule has 3 rings (SSSR count). The number of aromatic nitrogens is 3. The summed E-state index contributed by atoms with van der Waals surface area (Å²) in [5.74, 6) is 0.194. The highest BCUT2D eigenvalue weighted by Gasteiger charge is 2.15. The minimum atomic E-state index is -0.246. The van der Waals surface area contributed by atoms with Gasteiger partial charge < -0.3 is 5.11 Å². The summed E-state index contributed by atoms with van der Waals surface area (Å²) >= 11 is 0. The third kappa shape index (κ3) is 2.57. The van der Waals surface area contributed by atoms with Gasteiger partial charge >= 0.3 is 0 Å². The second kappa shape index (κ2) is 5.60. The highest BCUT2D eigenvalue weighted by Crippen LogP contribution is 2.21. The number of hydrogen-bond acceptors (Lipinski definition) is 4. The van der Waals surface area contributed by atoms with E-state index in [9.17, 15) is 9.90 Å². The Morgan fingerprint density at radius 1 is 1.27 bits per heavy atom. The minimum Gasteiger partial charge on any atom is -0.507 e. The number of ketones is 1. The van der Waals surface area contributed by atoms with Gasteiger partial charge in [0.05, 0.1) is 11.8 Å². The molecule has 112 valence electrons. The Kier molecular flexibility index (Phi) is 3.63. The van der Waals surface area contributed by atoms with Crippen molar-refractivity contribution in [3.05, 3.63) is 53.9 Å². The molecule has 2 heterocycles. The maximum Gasteiger partial charge on any atom is 0.198 e. The Morgan fingerprint density at radius 3 is 2.77 bits per heavy atom. The van der Waals surface area contributed by atoms with Gasteiger partial charge in [0, 0.05) is 23.7 Å². The van der Waals surface area contributed by atoms with Crippen molar-refractivity contribution in [1.82, 2.24) is 14.8 Å². The van der Waals surface area contributed by atoms with Crippen LogP contribution in [0.25, 0.3) is 11.0 Å². The molecule has 1 aromatic carbocycles. The van der Waals surface area contributed by atoms with Gasteiger partial charge in [-0.25, -0.2) is 9.67 Å². The zero-order chi connectivity index (χ0) is 15.7. The SMILES string of the molecule is CC(C)Cn1ncc2cc(C(=O)c3ccccc3O)cnc21. The van der Waals surface area contributed by atoms with Gasteiger partial charge in [-0.05, 0) is 24.1 Å². The normalized spacial score (nSPS) is 11.2.